The minimum absolute atomic E-state index is 0.0811. The Kier molecular flexibility index (Phi) is 5.92. The third kappa shape index (κ3) is 4.00. The number of rotatable bonds is 5. The first-order chi connectivity index (χ1) is 14.4. The lowest BCUT2D eigenvalue weighted by Gasteiger charge is -2.20. The fourth-order valence-electron chi connectivity index (χ4n) is 3.91. The lowest BCUT2D eigenvalue weighted by molar-refractivity contribution is -0.155. The van der Waals surface area contributed by atoms with E-state index < -0.39 is 15.6 Å². The molecule has 1 aromatic heterocycles. The average molecular weight is 436 g/mol. The molecule has 2 fully saturated rings. The molecule has 2 aliphatic heterocycles. The molecule has 2 saturated heterocycles. The zero-order valence-corrected chi connectivity index (χ0v) is 17.3. The Balaban J connectivity index is 1.59. The van der Waals surface area contributed by atoms with Crippen molar-refractivity contribution in [3.05, 3.63) is 40.8 Å². The van der Waals surface area contributed by atoms with Crippen LogP contribution < -0.4 is 11.3 Å². The molecular weight excluding hydrogens is 410 g/mol. The largest absolute Gasteiger partial charge is 0.444 e. The summed E-state index contributed by atoms with van der Waals surface area (Å²) in [6.07, 6.45) is 3.27. The van der Waals surface area contributed by atoms with Gasteiger partial charge in [0.25, 0.3) is 5.56 Å². The van der Waals surface area contributed by atoms with Gasteiger partial charge in [0.2, 0.25) is 10.0 Å². The van der Waals surface area contributed by atoms with Crippen LogP contribution >= 0.6 is 0 Å². The van der Waals surface area contributed by atoms with E-state index in [0.717, 1.165) is 0 Å². The number of benzene rings is 1. The van der Waals surface area contributed by atoms with Crippen molar-refractivity contribution in [1.29, 1.82) is 0 Å². The summed E-state index contributed by atoms with van der Waals surface area (Å²) in [5, 5.41) is 0.596. The maximum Gasteiger partial charge on any atom is 0.310 e. The Bertz CT molecular complexity index is 1110. The van der Waals surface area contributed by atoms with E-state index in [4.69, 9.17) is 15.2 Å². The molecule has 0 unspecified atom stereocenters. The number of pyridine rings is 1. The van der Waals surface area contributed by atoms with Crippen LogP contribution in [-0.2, 0) is 31.0 Å². The standard InChI is InChI=1S/C20H25N3O6S/c21-15-4-9-23(12-15)30(26,27)18-3-1-2-17-16(18)5-8-22(19(17)24)13-29-20(25)14-6-10-28-11-7-14/h1-3,5,8,14-15H,4,6-7,9-13,21H2/t15-/m0/s1. The lowest BCUT2D eigenvalue weighted by Crippen LogP contribution is -2.32. The van der Waals surface area contributed by atoms with Gasteiger partial charge in [-0.15, -0.1) is 0 Å². The second kappa shape index (κ2) is 8.46. The Morgan fingerprint density at radius 2 is 1.93 bits per heavy atom. The second-order valence-corrected chi connectivity index (χ2v) is 9.61. The molecule has 9 nitrogen and oxygen atoms in total. The Hall–Kier alpha value is -2.27. The van der Waals surface area contributed by atoms with Gasteiger partial charge >= 0.3 is 5.97 Å². The van der Waals surface area contributed by atoms with Crippen molar-refractivity contribution in [1.82, 2.24) is 8.87 Å². The van der Waals surface area contributed by atoms with E-state index in [1.165, 1.54) is 21.1 Å². The number of esters is 1. The van der Waals surface area contributed by atoms with Gasteiger partial charge < -0.3 is 15.2 Å². The normalized spacial score (nSPS) is 21.2. The first-order valence-electron chi connectivity index (χ1n) is 10.00. The number of fused-ring (bicyclic) bond motifs is 1. The molecule has 30 heavy (non-hydrogen) atoms. The van der Waals surface area contributed by atoms with E-state index in [0.29, 0.717) is 44.4 Å². The van der Waals surface area contributed by atoms with E-state index in [-0.39, 0.29) is 41.5 Å². The highest BCUT2D eigenvalue weighted by atomic mass is 32.2. The van der Waals surface area contributed by atoms with Gasteiger partial charge in [0, 0.05) is 49.3 Å². The van der Waals surface area contributed by atoms with Crippen LogP contribution in [0.5, 0.6) is 0 Å². The molecule has 0 spiro atoms. The Morgan fingerprint density at radius 3 is 2.63 bits per heavy atom. The lowest BCUT2D eigenvalue weighted by atomic mass is 10.0. The highest BCUT2D eigenvalue weighted by molar-refractivity contribution is 7.89. The van der Waals surface area contributed by atoms with E-state index >= 15 is 0 Å². The summed E-state index contributed by atoms with van der Waals surface area (Å²) in [5.41, 5.74) is 5.45. The summed E-state index contributed by atoms with van der Waals surface area (Å²) >= 11 is 0. The predicted octanol–water partition coefficient (Wildman–Crippen LogP) is 0.650. The summed E-state index contributed by atoms with van der Waals surface area (Å²) in [6.45, 7) is 1.45. The molecule has 2 N–H and O–H groups in total. The number of nitrogens with zero attached hydrogens (tertiary/aromatic N) is 2. The summed E-state index contributed by atoms with van der Waals surface area (Å²) in [7, 11) is -3.76. The molecule has 2 aromatic rings. The fraction of sp³-hybridized carbons (Fsp3) is 0.500. The molecule has 1 atom stereocenters. The minimum atomic E-state index is -3.76. The van der Waals surface area contributed by atoms with Crippen molar-refractivity contribution in [3.63, 3.8) is 0 Å². The number of carbonyl (C=O) groups is 1. The van der Waals surface area contributed by atoms with Crippen LogP contribution in [-0.4, -0.2) is 55.6 Å². The van der Waals surface area contributed by atoms with Crippen molar-refractivity contribution in [3.8, 4) is 0 Å². The number of sulfonamides is 1. The van der Waals surface area contributed by atoms with Crippen molar-refractivity contribution >= 4 is 26.8 Å². The quantitative estimate of drug-likeness (QED) is 0.685. The van der Waals surface area contributed by atoms with Crippen LogP contribution in [0.2, 0.25) is 0 Å². The monoisotopic (exact) mass is 435 g/mol. The van der Waals surface area contributed by atoms with E-state index in [1.807, 2.05) is 0 Å². The molecule has 4 rings (SSSR count). The molecule has 3 heterocycles. The fourth-order valence-corrected chi connectivity index (χ4v) is 5.63. The Morgan fingerprint density at radius 1 is 1.17 bits per heavy atom. The van der Waals surface area contributed by atoms with Crippen LogP contribution in [0, 0.1) is 5.92 Å². The summed E-state index contributed by atoms with van der Waals surface area (Å²) < 4.78 is 39.3. The van der Waals surface area contributed by atoms with Gasteiger partial charge in [-0.1, -0.05) is 6.07 Å². The predicted molar refractivity (Wildman–Crippen MR) is 109 cm³/mol. The summed E-state index contributed by atoms with van der Waals surface area (Å²) in [5.74, 6) is -0.578. The highest BCUT2D eigenvalue weighted by Crippen LogP contribution is 2.26. The van der Waals surface area contributed by atoms with Crippen LogP contribution in [0.3, 0.4) is 0 Å². The zero-order chi connectivity index (χ0) is 21.3. The third-order valence-corrected chi connectivity index (χ3v) is 7.61. The van der Waals surface area contributed by atoms with Gasteiger partial charge in [-0.3, -0.25) is 14.2 Å². The molecule has 0 saturated carbocycles. The number of hydrogen-bond acceptors (Lipinski definition) is 7. The van der Waals surface area contributed by atoms with Crippen molar-refractivity contribution in [2.24, 2.45) is 11.7 Å². The van der Waals surface area contributed by atoms with Crippen LogP contribution in [0.4, 0.5) is 0 Å². The number of carbonyl (C=O) groups excluding carboxylic acids is 1. The van der Waals surface area contributed by atoms with Gasteiger partial charge in [0.15, 0.2) is 6.73 Å². The van der Waals surface area contributed by atoms with Crippen molar-refractivity contribution < 1.29 is 22.7 Å². The average Bonchev–Trinajstić information content (AvgIpc) is 3.20. The number of hydrogen-bond donors (Lipinski definition) is 1. The molecule has 10 heteroatoms. The van der Waals surface area contributed by atoms with Crippen molar-refractivity contribution in [2.75, 3.05) is 26.3 Å². The third-order valence-electron chi connectivity index (χ3n) is 5.68. The minimum Gasteiger partial charge on any atom is -0.444 e. The molecule has 0 amide bonds. The molecule has 1 aromatic carbocycles. The van der Waals surface area contributed by atoms with Gasteiger partial charge in [0.1, 0.15) is 0 Å². The molecule has 2 aliphatic rings. The van der Waals surface area contributed by atoms with E-state index in [1.54, 1.807) is 18.2 Å². The maximum atomic E-state index is 13.1. The van der Waals surface area contributed by atoms with Gasteiger partial charge in [0.05, 0.1) is 10.8 Å². The smallest absolute Gasteiger partial charge is 0.310 e. The van der Waals surface area contributed by atoms with Gasteiger partial charge in [-0.25, -0.2) is 8.42 Å². The molecule has 0 radical (unpaired) electrons. The number of aromatic nitrogens is 1. The molecule has 0 aliphatic carbocycles. The first-order valence-corrected chi connectivity index (χ1v) is 11.4. The Labute approximate surface area is 174 Å². The first kappa shape index (κ1) is 21.0. The molecule has 0 bridgehead atoms. The maximum absolute atomic E-state index is 13.1. The highest BCUT2D eigenvalue weighted by Gasteiger charge is 2.32. The number of ether oxygens (including phenoxy) is 2. The summed E-state index contributed by atoms with van der Waals surface area (Å²) in [4.78, 5) is 25.2. The van der Waals surface area contributed by atoms with Gasteiger partial charge in [-0.2, -0.15) is 4.31 Å². The zero-order valence-electron chi connectivity index (χ0n) is 16.5. The van der Waals surface area contributed by atoms with Gasteiger partial charge in [-0.05, 0) is 37.5 Å². The molecule has 162 valence electrons. The van der Waals surface area contributed by atoms with E-state index in [2.05, 4.69) is 0 Å². The second-order valence-electron chi connectivity index (χ2n) is 7.70. The topological polar surface area (TPSA) is 121 Å². The summed E-state index contributed by atoms with van der Waals surface area (Å²) in [6, 6.07) is 6.00. The number of nitrogens with two attached hydrogens (primary N) is 1. The SMILES string of the molecule is N[C@H]1CCN(S(=O)(=O)c2cccc3c(=O)n(COC(=O)C4CCOCC4)ccc23)C1. The van der Waals surface area contributed by atoms with Crippen LogP contribution in [0.1, 0.15) is 19.3 Å². The van der Waals surface area contributed by atoms with Crippen LogP contribution in [0.15, 0.2) is 40.2 Å². The van der Waals surface area contributed by atoms with E-state index in [9.17, 15) is 18.0 Å². The van der Waals surface area contributed by atoms with Crippen LogP contribution in [0.25, 0.3) is 10.8 Å². The molecular formula is C20H25N3O6S. The van der Waals surface area contributed by atoms with Crippen molar-refractivity contribution in [2.45, 2.75) is 36.9 Å².